The molecular weight excluding hydrogens is 376 g/mol. The molecule has 0 aromatic heterocycles. The van der Waals surface area contributed by atoms with Gasteiger partial charge in [0.25, 0.3) is 0 Å². The van der Waals surface area contributed by atoms with Gasteiger partial charge in [0, 0.05) is 12.1 Å². The number of nitrogens with one attached hydrogen (secondary N) is 1. The summed E-state index contributed by atoms with van der Waals surface area (Å²) in [6.07, 6.45) is 3.26. The Morgan fingerprint density at radius 1 is 1.34 bits per heavy atom. The summed E-state index contributed by atoms with van der Waals surface area (Å²) in [5.41, 5.74) is 0.0000959. The molecule has 8 heteroatoms. The first-order chi connectivity index (χ1) is 14.0. The highest BCUT2D eigenvalue weighted by Gasteiger charge is 2.66. The molecule has 0 radical (unpaired) electrons. The van der Waals surface area contributed by atoms with E-state index in [2.05, 4.69) is 5.32 Å². The maximum Gasteiger partial charge on any atom is 0.325 e. The predicted octanol–water partition coefficient (Wildman–Crippen LogP) is 0.657. The van der Waals surface area contributed by atoms with Crippen molar-refractivity contribution in [3.05, 3.63) is 42.0 Å². The Morgan fingerprint density at radius 3 is 2.90 bits per heavy atom. The van der Waals surface area contributed by atoms with Crippen LogP contribution in [0.4, 0.5) is 0 Å². The number of nitrogens with zero attached hydrogens (tertiary/aromatic N) is 1. The number of carbonyl (C=O) groups is 3. The van der Waals surface area contributed by atoms with Gasteiger partial charge < -0.3 is 24.4 Å². The molecule has 3 aliphatic rings. The summed E-state index contributed by atoms with van der Waals surface area (Å²) in [6.45, 7) is 2.37. The number of fused-ring (bicyclic) bond motifs is 1. The zero-order valence-corrected chi connectivity index (χ0v) is 16.4. The number of para-hydroxylation sites is 1. The van der Waals surface area contributed by atoms with Crippen molar-refractivity contribution in [3.63, 3.8) is 0 Å². The number of amides is 2. The molecule has 1 aromatic rings. The fourth-order valence-corrected chi connectivity index (χ4v) is 4.52. The van der Waals surface area contributed by atoms with Gasteiger partial charge in [-0.2, -0.15) is 0 Å². The predicted molar refractivity (Wildman–Crippen MR) is 102 cm³/mol. The van der Waals surface area contributed by atoms with Crippen molar-refractivity contribution in [2.75, 3.05) is 26.8 Å². The van der Waals surface area contributed by atoms with Gasteiger partial charge in [-0.15, -0.1) is 0 Å². The van der Waals surface area contributed by atoms with Gasteiger partial charge in [0.15, 0.2) is 0 Å². The highest BCUT2D eigenvalue weighted by Crippen LogP contribution is 2.51. The third kappa shape index (κ3) is 3.27. The second-order valence-corrected chi connectivity index (χ2v) is 7.43. The lowest BCUT2D eigenvalue weighted by Crippen LogP contribution is -2.44. The number of carbonyl (C=O) groups excluding carboxylic acids is 3. The highest BCUT2D eigenvalue weighted by atomic mass is 16.5. The van der Waals surface area contributed by atoms with Crippen molar-refractivity contribution < 1.29 is 28.6 Å². The van der Waals surface area contributed by atoms with Crippen LogP contribution in [0.2, 0.25) is 0 Å². The molecule has 1 spiro atoms. The average molecular weight is 400 g/mol. The van der Waals surface area contributed by atoms with Crippen LogP contribution in [0.15, 0.2) is 36.4 Å². The second-order valence-electron chi connectivity index (χ2n) is 7.43. The molecule has 4 rings (SSSR count). The summed E-state index contributed by atoms with van der Waals surface area (Å²) in [5, 5.41) is 2.91. The first-order valence-electron chi connectivity index (χ1n) is 9.70. The summed E-state index contributed by atoms with van der Waals surface area (Å²) >= 11 is 0. The van der Waals surface area contributed by atoms with Crippen LogP contribution < -0.4 is 10.1 Å². The van der Waals surface area contributed by atoms with E-state index < -0.39 is 29.5 Å². The van der Waals surface area contributed by atoms with Crippen LogP contribution in [0.5, 0.6) is 5.75 Å². The third-order valence-corrected chi connectivity index (χ3v) is 5.75. The van der Waals surface area contributed by atoms with Crippen LogP contribution >= 0.6 is 0 Å². The number of hydrogen-bond acceptors (Lipinski definition) is 6. The summed E-state index contributed by atoms with van der Waals surface area (Å²) in [5.74, 6) is -1.54. The van der Waals surface area contributed by atoms with E-state index in [0.29, 0.717) is 5.75 Å². The Labute approximate surface area is 168 Å². The van der Waals surface area contributed by atoms with E-state index in [0.717, 1.165) is 5.56 Å². The van der Waals surface area contributed by atoms with E-state index in [1.807, 2.05) is 36.4 Å². The fourth-order valence-electron chi connectivity index (χ4n) is 4.52. The molecule has 0 saturated carbocycles. The Bertz CT molecular complexity index is 868. The van der Waals surface area contributed by atoms with E-state index in [9.17, 15) is 14.4 Å². The Kier molecular flexibility index (Phi) is 5.04. The van der Waals surface area contributed by atoms with Gasteiger partial charge in [-0.1, -0.05) is 30.4 Å². The smallest absolute Gasteiger partial charge is 0.325 e. The van der Waals surface area contributed by atoms with E-state index >= 15 is 0 Å². The van der Waals surface area contributed by atoms with Crippen LogP contribution in [0.1, 0.15) is 12.5 Å². The Morgan fingerprint density at radius 2 is 2.14 bits per heavy atom. The van der Waals surface area contributed by atoms with Gasteiger partial charge in [-0.3, -0.25) is 14.4 Å². The van der Waals surface area contributed by atoms with Gasteiger partial charge in [-0.05, 0) is 13.0 Å². The van der Waals surface area contributed by atoms with Gasteiger partial charge >= 0.3 is 5.97 Å². The fraction of sp³-hybridized carbons (Fsp3) is 0.476. The first kappa shape index (κ1) is 19.4. The molecule has 3 aliphatic heterocycles. The van der Waals surface area contributed by atoms with Crippen LogP contribution in [0, 0.1) is 11.8 Å². The monoisotopic (exact) mass is 400 g/mol. The van der Waals surface area contributed by atoms with Crippen LogP contribution in [-0.4, -0.2) is 61.2 Å². The minimum atomic E-state index is -0.847. The highest BCUT2D eigenvalue weighted by molar-refractivity contribution is 5.94. The van der Waals surface area contributed by atoms with E-state index in [4.69, 9.17) is 14.2 Å². The quantitative estimate of drug-likeness (QED) is 0.534. The second kappa shape index (κ2) is 7.51. The number of methoxy groups -OCH3 is 1. The molecule has 2 fully saturated rings. The lowest BCUT2D eigenvalue weighted by atomic mass is 9.77. The molecule has 3 heterocycles. The first-order valence-corrected chi connectivity index (χ1v) is 9.70. The zero-order valence-electron chi connectivity index (χ0n) is 16.4. The number of rotatable bonds is 7. The van der Waals surface area contributed by atoms with Gasteiger partial charge in [0.1, 0.15) is 17.9 Å². The normalized spacial score (nSPS) is 29.1. The number of benzene rings is 1. The SMILES string of the molecule is CCOC(=O)CN1C[C@@]23C=C[C@@H](O2)[C@H](C(=O)NCc2ccccc2OC)[C@@H]3C1=O. The number of esters is 1. The van der Waals surface area contributed by atoms with Crippen LogP contribution in [-0.2, 0) is 30.4 Å². The van der Waals surface area contributed by atoms with Crippen LogP contribution in [0.25, 0.3) is 0 Å². The zero-order chi connectivity index (χ0) is 20.6. The summed E-state index contributed by atoms with van der Waals surface area (Å²) in [6, 6.07) is 7.43. The average Bonchev–Trinajstić information content (AvgIpc) is 3.35. The third-order valence-electron chi connectivity index (χ3n) is 5.75. The van der Waals surface area contributed by atoms with Crippen molar-refractivity contribution in [1.29, 1.82) is 0 Å². The Balaban J connectivity index is 1.47. The molecule has 0 unspecified atom stereocenters. The lowest BCUT2D eigenvalue weighted by molar-refractivity contribution is -0.149. The van der Waals surface area contributed by atoms with Crippen LogP contribution in [0.3, 0.4) is 0 Å². The molecular formula is C21H24N2O6. The maximum atomic E-state index is 13.0. The molecule has 154 valence electrons. The van der Waals surface area contributed by atoms with Gasteiger partial charge in [0.05, 0.1) is 38.2 Å². The molecule has 2 amide bonds. The van der Waals surface area contributed by atoms with Crippen molar-refractivity contribution in [2.45, 2.75) is 25.2 Å². The molecule has 2 bridgehead atoms. The van der Waals surface area contributed by atoms with E-state index in [1.54, 1.807) is 14.0 Å². The molecule has 29 heavy (non-hydrogen) atoms. The largest absolute Gasteiger partial charge is 0.496 e. The molecule has 2 saturated heterocycles. The van der Waals surface area contributed by atoms with Crippen molar-refractivity contribution in [3.8, 4) is 5.75 Å². The molecule has 0 aliphatic carbocycles. The number of hydrogen-bond donors (Lipinski definition) is 1. The van der Waals surface area contributed by atoms with Crippen molar-refractivity contribution in [1.82, 2.24) is 10.2 Å². The van der Waals surface area contributed by atoms with Crippen molar-refractivity contribution >= 4 is 17.8 Å². The van der Waals surface area contributed by atoms with Gasteiger partial charge in [0.2, 0.25) is 11.8 Å². The van der Waals surface area contributed by atoms with E-state index in [1.165, 1.54) is 4.90 Å². The molecule has 1 N–H and O–H groups in total. The number of likely N-dealkylation sites (tertiary alicyclic amines) is 1. The standard InChI is InChI=1S/C21H24N2O6/c1-3-28-16(24)11-23-12-21-9-8-15(29-21)17(18(21)20(23)26)19(25)22-10-13-6-4-5-7-14(13)27-2/h4-9,15,17-18H,3,10-12H2,1-2H3,(H,22,25)/t15-,17+,18-,21-/m1/s1. The topological polar surface area (TPSA) is 94.2 Å². The maximum absolute atomic E-state index is 13.0. The summed E-state index contributed by atoms with van der Waals surface area (Å²) in [4.78, 5) is 39.3. The van der Waals surface area contributed by atoms with Crippen molar-refractivity contribution in [2.24, 2.45) is 11.8 Å². The summed E-state index contributed by atoms with van der Waals surface area (Å²) in [7, 11) is 1.58. The van der Waals surface area contributed by atoms with Gasteiger partial charge in [-0.25, -0.2) is 0 Å². The molecule has 8 nitrogen and oxygen atoms in total. The minimum Gasteiger partial charge on any atom is -0.496 e. The van der Waals surface area contributed by atoms with E-state index in [-0.39, 0.29) is 38.1 Å². The minimum absolute atomic E-state index is 0.137. The number of ether oxygens (including phenoxy) is 3. The molecule has 4 atom stereocenters. The lowest BCUT2D eigenvalue weighted by Gasteiger charge is -2.23. The summed E-state index contributed by atoms with van der Waals surface area (Å²) < 4.78 is 16.3. The Hall–Kier alpha value is -2.87. The molecule has 1 aromatic carbocycles.